The molecule has 0 aromatic heterocycles. The molecule has 1 amide bonds. The molecule has 1 atom stereocenters. The van der Waals surface area contributed by atoms with E-state index < -0.39 is 0 Å². The van der Waals surface area contributed by atoms with Crippen LogP contribution in [0.15, 0.2) is 29.2 Å². The maximum atomic E-state index is 12.0. The van der Waals surface area contributed by atoms with Crippen LogP contribution in [0.2, 0.25) is 0 Å². The predicted molar refractivity (Wildman–Crippen MR) is 68.8 cm³/mol. The normalized spacial score (nSPS) is 12.2. The van der Waals surface area contributed by atoms with Gasteiger partial charge in [0, 0.05) is 30.1 Å². The van der Waals surface area contributed by atoms with Gasteiger partial charge in [-0.05, 0) is 37.4 Å². The molecular weight excluding hydrogens is 220 g/mol. The van der Waals surface area contributed by atoms with Gasteiger partial charge in [0.25, 0.3) is 5.91 Å². The second-order valence-corrected chi connectivity index (χ2v) is 4.61. The van der Waals surface area contributed by atoms with Gasteiger partial charge in [-0.3, -0.25) is 4.79 Å². The first-order valence-corrected chi connectivity index (χ1v) is 6.44. The van der Waals surface area contributed by atoms with E-state index in [2.05, 4.69) is 0 Å². The van der Waals surface area contributed by atoms with Gasteiger partial charge in [-0.1, -0.05) is 0 Å². The van der Waals surface area contributed by atoms with Gasteiger partial charge in [0.15, 0.2) is 0 Å². The average Bonchev–Trinajstić information content (AvgIpc) is 2.36. The smallest absolute Gasteiger partial charge is 0.253 e. The third-order valence-electron chi connectivity index (χ3n) is 2.66. The maximum Gasteiger partial charge on any atom is 0.253 e. The number of likely N-dealkylation sites (N-methyl/N-ethyl adjacent to an activating group) is 1. The van der Waals surface area contributed by atoms with Crippen molar-refractivity contribution in [3.8, 4) is 0 Å². The number of thioether (sulfide) groups is 1. The maximum absolute atomic E-state index is 12.0. The number of carbonyl (C=O) groups excluding carboxylic acids is 1. The van der Waals surface area contributed by atoms with Crippen molar-refractivity contribution in [1.82, 2.24) is 4.90 Å². The summed E-state index contributed by atoms with van der Waals surface area (Å²) in [6, 6.07) is 7.69. The van der Waals surface area contributed by atoms with Crippen LogP contribution in [-0.2, 0) is 0 Å². The Morgan fingerprint density at radius 3 is 2.44 bits per heavy atom. The second-order valence-electron chi connectivity index (χ2n) is 3.73. The largest absolute Gasteiger partial charge is 0.338 e. The van der Waals surface area contributed by atoms with Gasteiger partial charge in [-0.15, -0.1) is 11.8 Å². The number of hydrogen-bond donors (Lipinski definition) is 1. The van der Waals surface area contributed by atoms with E-state index in [4.69, 9.17) is 5.73 Å². The Kier molecular flexibility index (Phi) is 4.83. The fourth-order valence-corrected chi connectivity index (χ4v) is 1.70. The summed E-state index contributed by atoms with van der Waals surface area (Å²) in [7, 11) is 1.78. The van der Waals surface area contributed by atoms with Crippen LogP contribution in [0.5, 0.6) is 0 Å². The molecule has 0 aliphatic carbocycles. The number of rotatable bonds is 4. The molecule has 1 aromatic rings. The van der Waals surface area contributed by atoms with Gasteiger partial charge in [0.05, 0.1) is 0 Å². The monoisotopic (exact) mass is 238 g/mol. The molecule has 3 nitrogen and oxygen atoms in total. The molecule has 16 heavy (non-hydrogen) atoms. The van der Waals surface area contributed by atoms with Crippen LogP contribution < -0.4 is 5.73 Å². The third kappa shape index (κ3) is 3.00. The van der Waals surface area contributed by atoms with Gasteiger partial charge in [-0.25, -0.2) is 0 Å². The highest BCUT2D eigenvalue weighted by molar-refractivity contribution is 7.98. The summed E-state index contributed by atoms with van der Waals surface area (Å²) in [5.74, 6) is 0.0191. The Bertz CT molecular complexity index is 351. The van der Waals surface area contributed by atoms with E-state index in [1.165, 1.54) is 0 Å². The summed E-state index contributed by atoms with van der Waals surface area (Å²) >= 11 is 1.66. The molecule has 0 aliphatic heterocycles. The van der Waals surface area contributed by atoms with Crippen LogP contribution in [0.25, 0.3) is 0 Å². The molecule has 0 bridgehead atoms. The molecular formula is C12H18N2OS. The average molecular weight is 238 g/mol. The SMILES string of the molecule is CSc1ccc(C(=O)N(C)C(C)CN)cc1. The minimum absolute atomic E-state index is 0.0191. The zero-order chi connectivity index (χ0) is 12.1. The molecule has 0 radical (unpaired) electrons. The number of amides is 1. The van der Waals surface area contributed by atoms with Crippen molar-refractivity contribution >= 4 is 17.7 Å². The second kappa shape index (κ2) is 5.92. The van der Waals surface area contributed by atoms with Crippen molar-refractivity contribution in [1.29, 1.82) is 0 Å². The number of carbonyl (C=O) groups is 1. The first-order chi connectivity index (χ1) is 7.60. The van der Waals surface area contributed by atoms with Crippen LogP contribution in [0.4, 0.5) is 0 Å². The first-order valence-electron chi connectivity index (χ1n) is 5.21. The van der Waals surface area contributed by atoms with Gasteiger partial charge < -0.3 is 10.6 Å². The summed E-state index contributed by atoms with van der Waals surface area (Å²) in [4.78, 5) is 14.8. The number of benzene rings is 1. The molecule has 0 saturated carbocycles. The highest BCUT2D eigenvalue weighted by atomic mass is 32.2. The molecule has 0 aliphatic rings. The predicted octanol–water partition coefficient (Wildman–Crippen LogP) is 1.83. The number of nitrogens with zero attached hydrogens (tertiary/aromatic N) is 1. The van der Waals surface area contributed by atoms with Gasteiger partial charge in [-0.2, -0.15) is 0 Å². The van der Waals surface area contributed by atoms with Crippen molar-refractivity contribution in [3.05, 3.63) is 29.8 Å². The van der Waals surface area contributed by atoms with E-state index in [9.17, 15) is 4.79 Å². The molecule has 4 heteroatoms. The Balaban J connectivity index is 2.80. The number of hydrogen-bond acceptors (Lipinski definition) is 3. The van der Waals surface area contributed by atoms with Crippen molar-refractivity contribution in [2.45, 2.75) is 17.9 Å². The molecule has 1 unspecified atom stereocenters. The van der Waals surface area contributed by atoms with E-state index in [-0.39, 0.29) is 11.9 Å². The van der Waals surface area contributed by atoms with Crippen LogP contribution in [0.3, 0.4) is 0 Å². The van der Waals surface area contributed by atoms with E-state index in [1.54, 1.807) is 23.7 Å². The third-order valence-corrected chi connectivity index (χ3v) is 3.40. The Labute approximate surface area is 101 Å². The summed E-state index contributed by atoms with van der Waals surface area (Å²) in [5.41, 5.74) is 6.25. The molecule has 1 rings (SSSR count). The molecule has 2 N–H and O–H groups in total. The molecule has 0 saturated heterocycles. The summed E-state index contributed by atoms with van der Waals surface area (Å²) in [6.45, 7) is 2.42. The lowest BCUT2D eigenvalue weighted by Gasteiger charge is -2.23. The fourth-order valence-electron chi connectivity index (χ4n) is 1.30. The topological polar surface area (TPSA) is 46.3 Å². The Morgan fingerprint density at radius 1 is 1.44 bits per heavy atom. The van der Waals surface area contributed by atoms with Gasteiger partial charge in [0.1, 0.15) is 0 Å². The highest BCUT2D eigenvalue weighted by Gasteiger charge is 2.15. The Morgan fingerprint density at radius 2 is 2.00 bits per heavy atom. The first kappa shape index (κ1) is 13.1. The van der Waals surface area contributed by atoms with Crippen LogP contribution in [0, 0.1) is 0 Å². The lowest BCUT2D eigenvalue weighted by molar-refractivity contribution is 0.0748. The van der Waals surface area contributed by atoms with Crippen LogP contribution in [0.1, 0.15) is 17.3 Å². The summed E-state index contributed by atoms with van der Waals surface area (Å²) < 4.78 is 0. The summed E-state index contributed by atoms with van der Waals surface area (Å²) in [5, 5.41) is 0. The van der Waals surface area contributed by atoms with E-state index in [0.717, 1.165) is 4.90 Å². The fraction of sp³-hybridized carbons (Fsp3) is 0.417. The van der Waals surface area contributed by atoms with E-state index in [0.29, 0.717) is 12.1 Å². The van der Waals surface area contributed by atoms with Crippen molar-refractivity contribution in [2.24, 2.45) is 5.73 Å². The van der Waals surface area contributed by atoms with Crippen molar-refractivity contribution in [3.63, 3.8) is 0 Å². The van der Waals surface area contributed by atoms with Crippen molar-refractivity contribution < 1.29 is 4.79 Å². The quantitative estimate of drug-likeness (QED) is 0.814. The Hall–Kier alpha value is -1.00. The summed E-state index contributed by atoms with van der Waals surface area (Å²) in [6.07, 6.45) is 2.01. The van der Waals surface area contributed by atoms with Crippen molar-refractivity contribution in [2.75, 3.05) is 19.8 Å². The van der Waals surface area contributed by atoms with E-state index in [1.807, 2.05) is 37.4 Å². The highest BCUT2D eigenvalue weighted by Crippen LogP contribution is 2.16. The lowest BCUT2D eigenvalue weighted by atomic mass is 10.2. The van der Waals surface area contributed by atoms with Crippen LogP contribution >= 0.6 is 11.8 Å². The van der Waals surface area contributed by atoms with Crippen LogP contribution in [-0.4, -0.2) is 36.7 Å². The molecule has 88 valence electrons. The number of nitrogens with two attached hydrogens (primary N) is 1. The minimum Gasteiger partial charge on any atom is -0.338 e. The molecule has 0 heterocycles. The standard InChI is InChI=1S/C12H18N2OS/c1-9(8-13)14(2)12(15)10-4-6-11(16-3)7-5-10/h4-7,9H,8,13H2,1-3H3. The molecule has 0 fully saturated rings. The molecule has 0 spiro atoms. The zero-order valence-corrected chi connectivity index (χ0v) is 10.8. The minimum atomic E-state index is 0.0191. The van der Waals surface area contributed by atoms with Gasteiger partial charge >= 0.3 is 0 Å². The van der Waals surface area contributed by atoms with E-state index >= 15 is 0 Å². The van der Waals surface area contributed by atoms with Gasteiger partial charge in [0.2, 0.25) is 0 Å². The lowest BCUT2D eigenvalue weighted by Crippen LogP contribution is -2.39. The zero-order valence-electron chi connectivity index (χ0n) is 9.93. The molecule has 1 aromatic carbocycles.